The molecule has 0 fully saturated rings. The lowest BCUT2D eigenvalue weighted by Crippen LogP contribution is -2.33. The SMILES string of the molecule is CCN(Cc1nc2ccccc2c(=O)[nH]1)C(=O)CCn1cnc2ccc(Br)cc2c1=O. The summed E-state index contributed by atoms with van der Waals surface area (Å²) in [4.78, 5) is 50.9. The Kier molecular flexibility index (Phi) is 5.94. The number of benzene rings is 2. The summed E-state index contributed by atoms with van der Waals surface area (Å²) in [6.45, 7) is 2.71. The van der Waals surface area contributed by atoms with Gasteiger partial charge in [-0.1, -0.05) is 28.1 Å². The molecule has 0 bridgehead atoms. The number of halogens is 1. The molecule has 4 aromatic rings. The van der Waals surface area contributed by atoms with Crippen molar-refractivity contribution in [1.82, 2.24) is 24.4 Å². The lowest BCUT2D eigenvalue weighted by molar-refractivity contribution is -0.132. The Hall–Kier alpha value is -3.33. The number of nitrogens with one attached hydrogen (secondary N) is 1. The van der Waals surface area contributed by atoms with Crippen LogP contribution in [0.25, 0.3) is 21.8 Å². The number of hydrogen-bond acceptors (Lipinski definition) is 5. The van der Waals surface area contributed by atoms with E-state index in [4.69, 9.17) is 0 Å². The molecule has 0 spiro atoms. The molecule has 0 saturated heterocycles. The van der Waals surface area contributed by atoms with Crippen molar-refractivity contribution in [3.63, 3.8) is 0 Å². The second-order valence-corrected chi connectivity index (χ2v) is 8.01. The minimum Gasteiger partial charge on any atom is -0.335 e. The molecule has 0 aliphatic rings. The lowest BCUT2D eigenvalue weighted by Gasteiger charge is -2.20. The van der Waals surface area contributed by atoms with Gasteiger partial charge in [0.25, 0.3) is 11.1 Å². The third-order valence-electron chi connectivity index (χ3n) is 5.09. The summed E-state index contributed by atoms with van der Waals surface area (Å²) in [5.74, 6) is 0.285. The Balaban J connectivity index is 1.50. The largest absolute Gasteiger partial charge is 0.335 e. The molecule has 2 heterocycles. The second kappa shape index (κ2) is 8.81. The summed E-state index contributed by atoms with van der Waals surface area (Å²) in [6.07, 6.45) is 1.59. The number of carbonyl (C=O) groups excluding carboxylic acids is 1. The number of para-hydroxylation sites is 1. The highest BCUT2D eigenvalue weighted by Gasteiger charge is 2.15. The number of aromatic nitrogens is 4. The number of H-pyrrole nitrogens is 1. The Labute approximate surface area is 185 Å². The molecule has 0 radical (unpaired) electrons. The van der Waals surface area contributed by atoms with E-state index in [-0.39, 0.29) is 36.5 Å². The van der Waals surface area contributed by atoms with Gasteiger partial charge in [-0.25, -0.2) is 9.97 Å². The molecule has 158 valence electrons. The fraction of sp³-hybridized carbons (Fsp3) is 0.227. The highest BCUT2D eigenvalue weighted by Crippen LogP contribution is 2.15. The molecule has 9 heteroatoms. The van der Waals surface area contributed by atoms with Crippen LogP contribution in [0.15, 0.2) is 62.9 Å². The maximum absolute atomic E-state index is 12.8. The molecule has 31 heavy (non-hydrogen) atoms. The van der Waals surface area contributed by atoms with E-state index in [1.165, 1.54) is 10.9 Å². The standard InChI is InChI=1S/C22H20BrN5O3/c1-2-27(12-19-25-18-6-4-3-5-15(18)21(30)26-19)20(29)9-10-28-13-24-17-8-7-14(23)11-16(17)22(28)31/h3-8,11,13H,2,9-10,12H2,1H3,(H,25,26,30). The average molecular weight is 482 g/mol. The van der Waals surface area contributed by atoms with Gasteiger partial charge in [0.1, 0.15) is 5.82 Å². The number of aromatic amines is 1. The molecule has 8 nitrogen and oxygen atoms in total. The zero-order chi connectivity index (χ0) is 22.0. The summed E-state index contributed by atoms with van der Waals surface area (Å²) in [5.41, 5.74) is 0.772. The molecule has 4 rings (SSSR count). The van der Waals surface area contributed by atoms with Crippen molar-refractivity contribution in [3.8, 4) is 0 Å². The lowest BCUT2D eigenvalue weighted by atomic mass is 10.2. The number of rotatable bonds is 6. The van der Waals surface area contributed by atoms with E-state index in [1.807, 2.05) is 19.1 Å². The number of aryl methyl sites for hydroxylation is 1. The predicted octanol–water partition coefficient (Wildman–Crippen LogP) is 2.83. The van der Waals surface area contributed by atoms with E-state index >= 15 is 0 Å². The molecule has 0 saturated carbocycles. The molecule has 2 aromatic carbocycles. The highest BCUT2D eigenvalue weighted by molar-refractivity contribution is 9.10. The summed E-state index contributed by atoms with van der Waals surface area (Å²) < 4.78 is 2.23. The second-order valence-electron chi connectivity index (χ2n) is 7.09. The van der Waals surface area contributed by atoms with Gasteiger partial charge < -0.3 is 9.88 Å². The Bertz CT molecular complexity index is 1400. The third-order valence-corrected chi connectivity index (χ3v) is 5.58. The Morgan fingerprint density at radius 3 is 2.74 bits per heavy atom. The third kappa shape index (κ3) is 4.41. The highest BCUT2D eigenvalue weighted by atomic mass is 79.9. The van der Waals surface area contributed by atoms with Crippen molar-refractivity contribution in [3.05, 3.63) is 79.8 Å². The Morgan fingerprint density at radius 2 is 1.94 bits per heavy atom. The normalized spacial score (nSPS) is 11.2. The molecule has 2 aromatic heterocycles. The molecule has 0 unspecified atom stereocenters. The number of nitrogens with zero attached hydrogens (tertiary/aromatic N) is 4. The van der Waals surface area contributed by atoms with Crippen LogP contribution in [0.5, 0.6) is 0 Å². The van der Waals surface area contributed by atoms with Gasteiger partial charge in [-0.2, -0.15) is 0 Å². The van der Waals surface area contributed by atoms with Crippen LogP contribution in [0.1, 0.15) is 19.2 Å². The van der Waals surface area contributed by atoms with Crippen LogP contribution in [0.3, 0.4) is 0 Å². The summed E-state index contributed by atoms with van der Waals surface area (Å²) >= 11 is 3.37. The molecule has 0 aliphatic heterocycles. The van der Waals surface area contributed by atoms with Crippen molar-refractivity contribution < 1.29 is 4.79 Å². The first-order valence-corrected chi connectivity index (χ1v) is 10.7. The summed E-state index contributed by atoms with van der Waals surface area (Å²) in [6, 6.07) is 12.4. The van der Waals surface area contributed by atoms with Gasteiger partial charge in [-0.05, 0) is 37.3 Å². The van der Waals surface area contributed by atoms with E-state index in [0.717, 1.165) is 4.47 Å². The van der Waals surface area contributed by atoms with E-state index in [2.05, 4.69) is 30.9 Å². The maximum atomic E-state index is 12.8. The predicted molar refractivity (Wildman–Crippen MR) is 122 cm³/mol. The van der Waals surface area contributed by atoms with Crippen LogP contribution < -0.4 is 11.1 Å². The van der Waals surface area contributed by atoms with Gasteiger partial charge in [-0.15, -0.1) is 0 Å². The Morgan fingerprint density at radius 1 is 1.13 bits per heavy atom. The first kappa shape index (κ1) is 20.9. The van der Waals surface area contributed by atoms with Gasteiger partial charge in [0.15, 0.2) is 0 Å². The van der Waals surface area contributed by atoms with Gasteiger partial charge >= 0.3 is 0 Å². The molecular weight excluding hydrogens is 462 g/mol. The minimum absolute atomic E-state index is 0.132. The topological polar surface area (TPSA) is 101 Å². The van der Waals surface area contributed by atoms with E-state index in [0.29, 0.717) is 34.2 Å². The first-order valence-electron chi connectivity index (χ1n) is 9.86. The molecular formula is C22H20BrN5O3. The average Bonchev–Trinajstić information content (AvgIpc) is 2.77. The summed E-state index contributed by atoms with van der Waals surface area (Å²) in [7, 11) is 0. The summed E-state index contributed by atoms with van der Waals surface area (Å²) in [5, 5.41) is 1.00. The van der Waals surface area contributed by atoms with Crippen molar-refractivity contribution in [2.24, 2.45) is 0 Å². The number of amides is 1. The van der Waals surface area contributed by atoms with Gasteiger partial charge in [-0.3, -0.25) is 19.0 Å². The van der Waals surface area contributed by atoms with Gasteiger partial charge in [0, 0.05) is 24.0 Å². The monoisotopic (exact) mass is 481 g/mol. The fourth-order valence-electron chi connectivity index (χ4n) is 3.43. The zero-order valence-electron chi connectivity index (χ0n) is 16.8. The van der Waals surface area contributed by atoms with Crippen LogP contribution >= 0.6 is 15.9 Å². The van der Waals surface area contributed by atoms with Crippen LogP contribution in [-0.2, 0) is 17.9 Å². The number of hydrogen-bond donors (Lipinski definition) is 1. The van der Waals surface area contributed by atoms with Crippen LogP contribution in [0.2, 0.25) is 0 Å². The number of fused-ring (bicyclic) bond motifs is 2. The van der Waals surface area contributed by atoms with E-state index in [1.54, 1.807) is 35.2 Å². The van der Waals surface area contributed by atoms with Crippen molar-refractivity contribution in [2.75, 3.05) is 6.54 Å². The molecule has 0 aliphatic carbocycles. The van der Waals surface area contributed by atoms with Crippen molar-refractivity contribution in [2.45, 2.75) is 26.4 Å². The molecule has 1 N–H and O–H groups in total. The van der Waals surface area contributed by atoms with Crippen molar-refractivity contribution >= 4 is 43.6 Å². The van der Waals surface area contributed by atoms with Crippen LogP contribution in [0, 0.1) is 0 Å². The van der Waals surface area contributed by atoms with Gasteiger partial charge in [0.2, 0.25) is 5.91 Å². The first-order chi connectivity index (χ1) is 15.0. The van der Waals surface area contributed by atoms with Gasteiger partial charge in [0.05, 0.1) is 34.7 Å². The van der Waals surface area contributed by atoms with Crippen molar-refractivity contribution in [1.29, 1.82) is 0 Å². The zero-order valence-corrected chi connectivity index (χ0v) is 18.4. The smallest absolute Gasteiger partial charge is 0.261 e. The fourth-order valence-corrected chi connectivity index (χ4v) is 3.79. The van der Waals surface area contributed by atoms with Crippen LogP contribution in [-0.4, -0.2) is 36.9 Å². The van der Waals surface area contributed by atoms with Crippen LogP contribution in [0.4, 0.5) is 0 Å². The molecule has 1 amide bonds. The van der Waals surface area contributed by atoms with E-state index in [9.17, 15) is 14.4 Å². The number of carbonyl (C=O) groups is 1. The minimum atomic E-state index is -0.232. The molecule has 0 atom stereocenters. The quantitative estimate of drug-likeness (QED) is 0.456. The van der Waals surface area contributed by atoms with E-state index < -0.39 is 0 Å². The maximum Gasteiger partial charge on any atom is 0.261 e.